The lowest BCUT2D eigenvalue weighted by atomic mass is 9.98. The molecule has 20 heavy (non-hydrogen) atoms. The Labute approximate surface area is 119 Å². The van der Waals surface area contributed by atoms with Gasteiger partial charge in [-0.1, -0.05) is 24.6 Å². The summed E-state index contributed by atoms with van der Waals surface area (Å²) in [5.41, 5.74) is -2.34. The number of aliphatic carboxylic acids is 1. The highest BCUT2D eigenvalue weighted by Crippen LogP contribution is 2.27. The highest BCUT2D eigenvalue weighted by Gasteiger charge is 2.35. The lowest BCUT2D eigenvalue weighted by Crippen LogP contribution is -2.51. The number of hydrogen-bond donors (Lipinski definition) is 2. The Balaban J connectivity index is 3.23. The number of nitrogens with zero attached hydrogens (tertiary/aromatic N) is 1. The molecule has 2 N–H and O–H groups in total. The van der Waals surface area contributed by atoms with Gasteiger partial charge in [-0.05, 0) is 19.4 Å². The van der Waals surface area contributed by atoms with Crippen molar-refractivity contribution in [3.63, 3.8) is 0 Å². The van der Waals surface area contributed by atoms with Crippen LogP contribution in [0, 0.1) is 10.1 Å². The maximum Gasteiger partial charge on any atom is 0.329 e. The first kappa shape index (κ1) is 15.9. The standard InChI is InChI=1S/C12H13ClN2O5/c1-3-12(2,11(17)18)14-10(16)9-7(13)5-4-6-8(9)15(19)20/h4-6H,3H2,1-2H3,(H,14,16)(H,17,18). The van der Waals surface area contributed by atoms with Crippen LogP contribution in [0.5, 0.6) is 0 Å². The molecule has 0 heterocycles. The van der Waals surface area contributed by atoms with Crippen molar-refractivity contribution in [2.24, 2.45) is 0 Å². The normalized spacial score (nSPS) is 13.3. The van der Waals surface area contributed by atoms with Crippen molar-refractivity contribution in [2.45, 2.75) is 25.8 Å². The van der Waals surface area contributed by atoms with Crippen LogP contribution >= 0.6 is 11.6 Å². The Bertz CT molecular complexity index is 575. The number of amides is 1. The molecule has 0 aliphatic rings. The third-order valence-electron chi connectivity index (χ3n) is 2.98. The summed E-state index contributed by atoms with van der Waals surface area (Å²) in [6, 6.07) is 3.80. The van der Waals surface area contributed by atoms with Gasteiger partial charge in [0.2, 0.25) is 0 Å². The molecule has 1 atom stereocenters. The average Bonchev–Trinajstić information content (AvgIpc) is 2.37. The fourth-order valence-corrected chi connectivity index (χ4v) is 1.75. The Morgan fingerprint density at radius 3 is 2.55 bits per heavy atom. The zero-order valence-corrected chi connectivity index (χ0v) is 11.6. The molecule has 0 bridgehead atoms. The van der Waals surface area contributed by atoms with Crippen LogP contribution in [-0.4, -0.2) is 27.4 Å². The molecule has 0 aliphatic carbocycles. The predicted octanol–water partition coefficient (Wildman–Crippen LogP) is 2.23. The van der Waals surface area contributed by atoms with E-state index in [2.05, 4.69) is 5.32 Å². The van der Waals surface area contributed by atoms with Crippen LogP contribution in [0.3, 0.4) is 0 Å². The van der Waals surface area contributed by atoms with E-state index in [1.165, 1.54) is 19.1 Å². The minimum absolute atomic E-state index is 0.111. The Kier molecular flexibility index (Phi) is 4.67. The number of rotatable bonds is 5. The van der Waals surface area contributed by atoms with E-state index >= 15 is 0 Å². The maximum absolute atomic E-state index is 12.1. The van der Waals surface area contributed by atoms with Crippen LogP contribution in [0.2, 0.25) is 5.02 Å². The van der Waals surface area contributed by atoms with Crippen LogP contribution < -0.4 is 5.32 Å². The lowest BCUT2D eigenvalue weighted by Gasteiger charge is -2.24. The molecule has 0 fully saturated rings. The van der Waals surface area contributed by atoms with E-state index in [9.17, 15) is 19.7 Å². The molecule has 0 aliphatic heterocycles. The van der Waals surface area contributed by atoms with E-state index in [0.29, 0.717) is 0 Å². The number of nitrogens with one attached hydrogen (secondary N) is 1. The molecular formula is C12H13ClN2O5. The fraction of sp³-hybridized carbons (Fsp3) is 0.333. The summed E-state index contributed by atoms with van der Waals surface area (Å²) in [6.45, 7) is 2.89. The van der Waals surface area contributed by atoms with Crippen LogP contribution in [-0.2, 0) is 4.79 Å². The highest BCUT2D eigenvalue weighted by molar-refractivity contribution is 6.34. The summed E-state index contributed by atoms with van der Waals surface area (Å²) >= 11 is 5.81. The third kappa shape index (κ3) is 3.05. The van der Waals surface area contributed by atoms with Gasteiger partial charge >= 0.3 is 5.97 Å². The summed E-state index contributed by atoms with van der Waals surface area (Å²) in [6.07, 6.45) is 0.117. The molecule has 1 aromatic rings. The summed E-state index contributed by atoms with van der Waals surface area (Å²) in [5, 5.41) is 22.1. The van der Waals surface area contributed by atoms with Gasteiger partial charge < -0.3 is 10.4 Å². The van der Waals surface area contributed by atoms with E-state index in [4.69, 9.17) is 16.7 Å². The number of nitro benzene ring substituents is 1. The first-order valence-electron chi connectivity index (χ1n) is 5.71. The molecule has 1 rings (SSSR count). The molecule has 0 radical (unpaired) electrons. The number of halogens is 1. The van der Waals surface area contributed by atoms with Crippen LogP contribution in [0.1, 0.15) is 30.6 Å². The minimum atomic E-state index is -1.52. The number of carbonyl (C=O) groups is 2. The molecule has 1 amide bonds. The predicted molar refractivity (Wildman–Crippen MR) is 71.9 cm³/mol. The quantitative estimate of drug-likeness (QED) is 0.640. The third-order valence-corrected chi connectivity index (χ3v) is 3.30. The Morgan fingerprint density at radius 1 is 1.50 bits per heavy atom. The average molecular weight is 301 g/mol. The molecular weight excluding hydrogens is 288 g/mol. The van der Waals surface area contributed by atoms with E-state index in [0.717, 1.165) is 6.07 Å². The maximum atomic E-state index is 12.1. The number of hydrogen-bond acceptors (Lipinski definition) is 4. The SMILES string of the molecule is CCC(C)(NC(=O)c1c(Cl)cccc1[N+](=O)[O-])C(=O)O. The van der Waals surface area contributed by atoms with Gasteiger partial charge in [0.1, 0.15) is 11.1 Å². The molecule has 8 heteroatoms. The number of carbonyl (C=O) groups excluding carboxylic acids is 1. The van der Waals surface area contributed by atoms with Crippen molar-refractivity contribution in [1.82, 2.24) is 5.32 Å². The monoisotopic (exact) mass is 300 g/mol. The first-order chi connectivity index (χ1) is 9.23. The molecule has 7 nitrogen and oxygen atoms in total. The van der Waals surface area contributed by atoms with E-state index < -0.39 is 28.0 Å². The second-order valence-electron chi connectivity index (χ2n) is 4.34. The van der Waals surface area contributed by atoms with Crippen LogP contribution in [0.4, 0.5) is 5.69 Å². The highest BCUT2D eigenvalue weighted by atomic mass is 35.5. The zero-order valence-electron chi connectivity index (χ0n) is 10.8. The van der Waals surface area contributed by atoms with Gasteiger partial charge in [-0.2, -0.15) is 0 Å². The minimum Gasteiger partial charge on any atom is -0.480 e. The van der Waals surface area contributed by atoms with Gasteiger partial charge in [0.25, 0.3) is 11.6 Å². The van der Waals surface area contributed by atoms with E-state index in [1.807, 2.05) is 0 Å². The molecule has 1 aromatic carbocycles. The van der Waals surface area contributed by atoms with Gasteiger partial charge in [0, 0.05) is 6.07 Å². The van der Waals surface area contributed by atoms with Crippen molar-refractivity contribution in [1.29, 1.82) is 0 Å². The van der Waals surface area contributed by atoms with Gasteiger partial charge in [0.15, 0.2) is 0 Å². The lowest BCUT2D eigenvalue weighted by molar-refractivity contribution is -0.385. The smallest absolute Gasteiger partial charge is 0.329 e. The van der Waals surface area contributed by atoms with Crippen molar-refractivity contribution in [3.8, 4) is 0 Å². The van der Waals surface area contributed by atoms with Crippen molar-refractivity contribution in [2.75, 3.05) is 0 Å². The molecule has 0 saturated heterocycles. The topological polar surface area (TPSA) is 110 Å². The summed E-state index contributed by atoms with van der Waals surface area (Å²) in [4.78, 5) is 33.4. The van der Waals surface area contributed by atoms with Gasteiger partial charge in [-0.15, -0.1) is 0 Å². The van der Waals surface area contributed by atoms with Gasteiger partial charge in [-0.25, -0.2) is 4.79 Å². The molecule has 0 saturated carbocycles. The van der Waals surface area contributed by atoms with E-state index in [1.54, 1.807) is 6.92 Å². The molecule has 1 unspecified atom stereocenters. The number of carboxylic acid groups (broad SMARTS) is 1. The Hall–Kier alpha value is -2.15. The number of nitro groups is 1. The molecule has 108 valence electrons. The van der Waals surface area contributed by atoms with E-state index in [-0.39, 0.29) is 17.0 Å². The summed E-state index contributed by atoms with van der Waals surface area (Å²) < 4.78 is 0. The second kappa shape index (κ2) is 5.87. The zero-order chi connectivity index (χ0) is 15.5. The van der Waals surface area contributed by atoms with Gasteiger partial charge in [-0.3, -0.25) is 14.9 Å². The second-order valence-corrected chi connectivity index (χ2v) is 4.74. The van der Waals surface area contributed by atoms with Crippen molar-refractivity contribution in [3.05, 3.63) is 38.9 Å². The van der Waals surface area contributed by atoms with Crippen molar-refractivity contribution < 1.29 is 19.6 Å². The number of benzene rings is 1. The largest absolute Gasteiger partial charge is 0.480 e. The first-order valence-corrected chi connectivity index (χ1v) is 6.09. The van der Waals surface area contributed by atoms with Crippen LogP contribution in [0.25, 0.3) is 0 Å². The molecule has 0 aromatic heterocycles. The van der Waals surface area contributed by atoms with Crippen LogP contribution in [0.15, 0.2) is 18.2 Å². The van der Waals surface area contributed by atoms with Crippen molar-refractivity contribution >= 4 is 29.2 Å². The van der Waals surface area contributed by atoms with Gasteiger partial charge in [0.05, 0.1) is 9.95 Å². The Morgan fingerprint density at radius 2 is 2.10 bits per heavy atom. The fourth-order valence-electron chi connectivity index (χ4n) is 1.50. The molecule has 0 spiro atoms. The summed E-state index contributed by atoms with van der Waals surface area (Å²) in [5.74, 6) is -2.13. The summed E-state index contributed by atoms with van der Waals surface area (Å²) in [7, 11) is 0. The number of carboxylic acids is 1.